The molecule has 2 aliphatic rings. The maximum atomic E-state index is 13.7. The third kappa shape index (κ3) is 4.81. The van der Waals surface area contributed by atoms with Gasteiger partial charge in [0.05, 0.1) is 24.4 Å². The largest absolute Gasteiger partial charge is 0.504 e. The van der Waals surface area contributed by atoms with Crippen molar-refractivity contribution in [1.29, 1.82) is 0 Å². The number of aromatic hydroxyl groups is 1. The molecule has 1 aromatic rings. The predicted molar refractivity (Wildman–Crippen MR) is 134 cm³/mol. The number of rotatable bonds is 3. The zero-order chi connectivity index (χ0) is 25.8. The van der Waals surface area contributed by atoms with Crippen LogP contribution >= 0.6 is 0 Å². The van der Waals surface area contributed by atoms with Crippen LogP contribution in [-0.4, -0.2) is 55.3 Å². The molecule has 0 bridgehead atoms. The molecule has 1 aromatic carbocycles. The first-order chi connectivity index (χ1) is 15.5. The Morgan fingerprint density at radius 1 is 1.15 bits per heavy atom. The molecule has 2 aliphatic heterocycles. The van der Waals surface area contributed by atoms with Crippen molar-refractivity contribution in [2.45, 2.75) is 90.9 Å². The molecule has 0 spiro atoms. The van der Waals surface area contributed by atoms with Gasteiger partial charge in [-0.15, -0.1) is 0 Å². The van der Waals surface area contributed by atoms with Gasteiger partial charge in [-0.3, -0.25) is 4.79 Å². The maximum Gasteiger partial charge on any atom is 0.417 e. The van der Waals surface area contributed by atoms with E-state index in [2.05, 4.69) is 33.9 Å². The average Bonchev–Trinajstić information content (AvgIpc) is 3.03. The first-order valence-electron chi connectivity index (χ1n) is 11.6. The lowest BCUT2D eigenvalue weighted by Gasteiger charge is -2.44. The van der Waals surface area contributed by atoms with E-state index in [1.165, 1.54) is 24.1 Å². The number of ether oxygens (including phenoxy) is 2. The molecule has 34 heavy (non-hydrogen) atoms. The molecule has 0 fully saturated rings. The highest BCUT2D eigenvalue weighted by Crippen LogP contribution is 2.45. The summed E-state index contributed by atoms with van der Waals surface area (Å²) in [6, 6.07) is 2.42. The molecule has 0 saturated heterocycles. The summed E-state index contributed by atoms with van der Waals surface area (Å²) in [5, 5.41) is 10.5. The van der Waals surface area contributed by atoms with Gasteiger partial charge in [-0.25, -0.2) is 9.69 Å². The number of amides is 2. The minimum atomic E-state index is -2.42. The number of hydrogen-bond acceptors (Lipinski definition) is 6. The molecule has 188 valence electrons. The Kier molecular flexibility index (Phi) is 6.60. The second kappa shape index (κ2) is 8.60. The Bertz CT molecular complexity index is 1020. The molecular weight excluding hydrogens is 452 g/mol. The van der Waals surface area contributed by atoms with Crippen LogP contribution in [0.5, 0.6) is 11.5 Å². The minimum Gasteiger partial charge on any atom is -0.504 e. The van der Waals surface area contributed by atoms with E-state index < -0.39 is 32.3 Å². The van der Waals surface area contributed by atoms with Crippen molar-refractivity contribution < 1.29 is 28.6 Å². The highest BCUT2D eigenvalue weighted by molar-refractivity contribution is 6.74. The van der Waals surface area contributed by atoms with Crippen LogP contribution in [0.3, 0.4) is 0 Å². The number of phenols is 1. The molecule has 9 heteroatoms. The van der Waals surface area contributed by atoms with E-state index in [-0.39, 0.29) is 33.7 Å². The van der Waals surface area contributed by atoms with Gasteiger partial charge in [0.15, 0.2) is 26.0 Å². The van der Waals surface area contributed by atoms with Gasteiger partial charge in [0.2, 0.25) is 0 Å². The fourth-order valence-electron chi connectivity index (χ4n) is 3.92. The van der Waals surface area contributed by atoms with Gasteiger partial charge in [0.25, 0.3) is 5.91 Å². The third-order valence-corrected chi connectivity index (χ3v) is 11.1. The number of nitrogens with zero attached hydrogens (tertiary/aromatic N) is 2. The smallest absolute Gasteiger partial charge is 0.417 e. The zero-order valence-electron chi connectivity index (χ0n) is 22.0. The quantitative estimate of drug-likeness (QED) is 0.553. The number of benzene rings is 1. The molecule has 2 atom stereocenters. The monoisotopic (exact) mass is 490 g/mol. The van der Waals surface area contributed by atoms with E-state index in [4.69, 9.17) is 13.9 Å². The summed E-state index contributed by atoms with van der Waals surface area (Å²) in [5.41, 5.74) is 0.715. The number of carbonyl (C=O) groups excluding carboxylic acids is 2. The van der Waals surface area contributed by atoms with Crippen LogP contribution in [0.25, 0.3) is 0 Å². The van der Waals surface area contributed by atoms with E-state index in [1.807, 2.05) is 13.1 Å². The molecule has 1 N–H and O–H groups in total. The van der Waals surface area contributed by atoms with Gasteiger partial charge in [-0.2, -0.15) is 0 Å². The zero-order valence-corrected chi connectivity index (χ0v) is 23.0. The normalized spacial score (nSPS) is 21.0. The second-order valence-electron chi connectivity index (χ2n) is 11.6. The lowest BCUT2D eigenvalue weighted by Crippen LogP contribution is -2.58. The lowest BCUT2D eigenvalue weighted by atomic mass is 10.1. The summed E-state index contributed by atoms with van der Waals surface area (Å²) in [7, 11) is -0.998. The van der Waals surface area contributed by atoms with Crippen molar-refractivity contribution in [3.05, 3.63) is 29.5 Å². The van der Waals surface area contributed by atoms with Crippen LogP contribution in [0.1, 0.15) is 65.2 Å². The first-order valence-corrected chi connectivity index (χ1v) is 14.5. The van der Waals surface area contributed by atoms with E-state index in [0.29, 0.717) is 6.42 Å². The summed E-state index contributed by atoms with van der Waals surface area (Å²) in [5.74, 6) is -0.316. The first kappa shape index (κ1) is 26.1. The molecule has 0 radical (unpaired) electrons. The van der Waals surface area contributed by atoms with Gasteiger partial charge in [-0.1, -0.05) is 26.3 Å². The van der Waals surface area contributed by atoms with Crippen LogP contribution in [-0.2, 0) is 9.16 Å². The Morgan fingerprint density at radius 2 is 1.76 bits per heavy atom. The summed E-state index contributed by atoms with van der Waals surface area (Å²) in [4.78, 5) is 30.5. The van der Waals surface area contributed by atoms with Crippen molar-refractivity contribution in [3.8, 4) is 11.5 Å². The van der Waals surface area contributed by atoms with Gasteiger partial charge in [0, 0.05) is 12.3 Å². The molecule has 0 unspecified atom stereocenters. The number of methoxy groups -OCH3 is 1. The standard InChI is InChI=1S/C25H38N2O6Si/c1-15-11-18-22(33-34(9,10)25(5,6)7)27(23(30)32-24(2,3)4)17-13-19(28)20(31-8)12-16(17)21(29)26(18)14-15/h12-14,18,22,28H,11H2,1-10H3/t18-,22-/m0/s1. The second-order valence-corrected chi connectivity index (χ2v) is 16.4. The molecule has 0 saturated carbocycles. The number of anilines is 1. The van der Waals surface area contributed by atoms with E-state index in [1.54, 1.807) is 25.7 Å². The Balaban J connectivity index is 2.28. The fraction of sp³-hybridized carbons (Fsp3) is 0.600. The number of carbonyl (C=O) groups is 2. The van der Waals surface area contributed by atoms with E-state index >= 15 is 0 Å². The average molecular weight is 491 g/mol. The number of phenolic OH excluding ortho intramolecular Hbond substituents is 1. The number of hydrogen-bond donors (Lipinski definition) is 1. The van der Waals surface area contributed by atoms with E-state index in [9.17, 15) is 14.7 Å². The van der Waals surface area contributed by atoms with Gasteiger partial charge < -0.3 is 23.9 Å². The minimum absolute atomic E-state index is 0.139. The van der Waals surface area contributed by atoms with Gasteiger partial charge in [-0.05, 0) is 58.3 Å². The topological polar surface area (TPSA) is 88.5 Å². The molecule has 0 aliphatic carbocycles. The van der Waals surface area contributed by atoms with Gasteiger partial charge in [0.1, 0.15) is 5.60 Å². The Hall–Kier alpha value is -2.52. The maximum absolute atomic E-state index is 13.7. The lowest BCUT2D eigenvalue weighted by molar-refractivity contribution is 0.0363. The van der Waals surface area contributed by atoms with Crippen LogP contribution < -0.4 is 9.64 Å². The number of fused-ring (bicyclic) bond motifs is 2. The van der Waals surface area contributed by atoms with Crippen molar-refractivity contribution in [2.75, 3.05) is 12.0 Å². The summed E-state index contributed by atoms with van der Waals surface area (Å²) in [6.45, 7) is 17.9. The SMILES string of the molecule is COc1cc2c(cc1O)N(C(=O)OC(C)(C)C)[C@@H](O[Si](C)(C)C(C)(C)C)[C@@H]1CC(C)=CN1C2=O. The molecule has 0 aromatic heterocycles. The third-order valence-electron chi connectivity index (χ3n) is 6.66. The Labute approximate surface area is 203 Å². The van der Waals surface area contributed by atoms with Crippen LogP contribution in [0.4, 0.5) is 10.5 Å². The Morgan fingerprint density at radius 3 is 2.29 bits per heavy atom. The van der Waals surface area contributed by atoms with E-state index in [0.717, 1.165) is 5.57 Å². The van der Waals surface area contributed by atoms with Crippen molar-refractivity contribution in [1.82, 2.24) is 4.90 Å². The van der Waals surface area contributed by atoms with Crippen LogP contribution in [0.2, 0.25) is 18.1 Å². The fourth-order valence-corrected chi connectivity index (χ4v) is 5.14. The van der Waals surface area contributed by atoms with Gasteiger partial charge >= 0.3 is 6.09 Å². The summed E-state index contributed by atoms with van der Waals surface area (Å²) >= 11 is 0. The van der Waals surface area contributed by atoms with Crippen molar-refractivity contribution in [3.63, 3.8) is 0 Å². The highest BCUT2D eigenvalue weighted by atomic mass is 28.4. The molecule has 8 nitrogen and oxygen atoms in total. The molecule has 2 amide bonds. The molecular formula is C25H38N2O6Si. The highest BCUT2D eigenvalue weighted by Gasteiger charge is 2.50. The molecule has 3 rings (SSSR count). The van der Waals surface area contributed by atoms with Crippen LogP contribution in [0.15, 0.2) is 23.9 Å². The van der Waals surface area contributed by atoms with Crippen molar-refractivity contribution >= 4 is 26.0 Å². The summed E-state index contributed by atoms with van der Waals surface area (Å²) in [6.07, 6.45) is 0.932. The van der Waals surface area contributed by atoms with Crippen LogP contribution in [0, 0.1) is 0 Å². The van der Waals surface area contributed by atoms with Crippen molar-refractivity contribution in [2.24, 2.45) is 0 Å². The predicted octanol–water partition coefficient (Wildman–Crippen LogP) is 5.62. The molecule has 2 heterocycles. The summed E-state index contributed by atoms with van der Waals surface area (Å²) < 4.78 is 17.9.